The number of benzene rings is 1. The van der Waals surface area contributed by atoms with E-state index in [0.717, 1.165) is 0 Å². The van der Waals surface area contributed by atoms with Crippen molar-refractivity contribution in [2.75, 3.05) is 18.6 Å². The molecule has 21 heavy (non-hydrogen) atoms. The van der Waals surface area contributed by atoms with Crippen molar-refractivity contribution >= 4 is 32.5 Å². The molecule has 0 spiro atoms. The number of rotatable bonds is 3. The van der Waals surface area contributed by atoms with Gasteiger partial charge in [-0.1, -0.05) is 11.6 Å². The summed E-state index contributed by atoms with van der Waals surface area (Å²) < 4.78 is 29.7. The topological polar surface area (TPSA) is 72.5 Å². The third-order valence-corrected chi connectivity index (χ3v) is 5.81. The number of fused-ring (bicyclic) bond motifs is 1. The summed E-state index contributed by atoms with van der Waals surface area (Å²) in [4.78, 5) is 13.8. The maximum Gasteiger partial charge on any atom is 0.421 e. The second-order valence-corrected chi connectivity index (χ2v) is 8.03. The molecule has 6 nitrogen and oxygen atoms in total. The first-order valence-corrected chi connectivity index (χ1v) is 8.75. The second kappa shape index (κ2) is 5.15. The molecule has 1 aliphatic rings. The van der Waals surface area contributed by atoms with Crippen molar-refractivity contribution < 1.29 is 12.8 Å². The Morgan fingerprint density at radius 2 is 2.24 bits per heavy atom. The minimum absolute atomic E-state index is 0.0702. The molecule has 1 aromatic carbocycles. The van der Waals surface area contributed by atoms with Crippen molar-refractivity contribution in [2.45, 2.75) is 19.1 Å². The minimum Gasteiger partial charge on any atom is -0.408 e. The number of hydrogen-bond acceptors (Lipinski definition) is 5. The Morgan fingerprint density at radius 3 is 2.90 bits per heavy atom. The molecule has 3 rings (SSSR count). The molecule has 0 amide bonds. The number of halogens is 1. The zero-order valence-corrected chi connectivity index (χ0v) is 13.0. The normalized spacial score (nSPS) is 21.4. The fourth-order valence-electron chi connectivity index (χ4n) is 2.64. The summed E-state index contributed by atoms with van der Waals surface area (Å²) in [5, 5.41) is 0.499. The molecule has 0 saturated carbocycles. The maximum atomic E-state index is 11.9. The van der Waals surface area contributed by atoms with E-state index < -0.39 is 15.6 Å². The van der Waals surface area contributed by atoms with Crippen LogP contribution in [0.1, 0.15) is 6.42 Å². The molecular formula is C13H15ClN2O4S. The number of sulfone groups is 1. The van der Waals surface area contributed by atoms with Crippen LogP contribution < -0.4 is 5.76 Å². The van der Waals surface area contributed by atoms with Gasteiger partial charge < -0.3 is 4.42 Å². The molecule has 8 heteroatoms. The molecule has 1 saturated heterocycles. The van der Waals surface area contributed by atoms with Crippen LogP contribution in [0.5, 0.6) is 0 Å². The van der Waals surface area contributed by atoms with Gasteiger partial charge in [0.1, 0.15) is 0 Å². The van der Waals surface area contributed by atoms with Gasteiger partial charge in [-0.05, 0) is 25.6 Å². The van der Waals surface area contributed by atoms with Crippen LogP contribution in [0, 0.1) is 0 Å². The fraction of sp³-hybridized carbons (Fsp3) is 0.462. The van der Waals surface area contributed by atoms with Crippen LogP contribution in [0.3, 0.4) is 0 Å². The first-order valence-electron chi connectivity index (χ1n) is 6.55. The lowest BCUT2D eigenvalue weighted by Crippen LogP contribution is -2.36. The average molecular weight is 331 g/mol. The number of aromatic nitrogens is 1. The van der Waals surface area contributed by atoms with Crippen molar-refractivity contribution in [2.24, 2.45) is 0 Å². The SMILES string of the molecule is CN(Cn1c(=O)oc2cc(Cl)ccc21)C1CCS(=O)(=O)C1. The third-order valence-electron chi connectivity index (χ3n) is 3.83. The van der Waals surface area contributed by atoms with Gasteiger partial charge in [0.2, 0.25) is 0 Å². The fourth-order valence-corrected chi connectivity index (χ4v) is 4.60. The Hall–Kier alpha value is -1.31. The summed E-state index contributed by atoms with van der Waals surface area (Å²) in [6, 6.07) is 4.94. The van der Waals surface area contributed by atoms with Crippen molar-refractivity contribution in [3.05, 3.63) is 33.8 Å². The van der Waals surface area contributed by atoms with Gasteiger partial charge in [0.25, 0.3) is 0 Å². The van der Waals surface area contributed by atoms with Gasteiger partial charge in [-0.3, -0.25) is 9.47 Å². The minimum atomic E-state index is -2.95. The molecule has 0 aliphatic carbocycles. The first kappa shape index (κ1) is 14.6. The van der Waals surface area contributed by atoms with E-state index in [0.29, 0.717) is 22.5 Å². The predicted molar refractivity (Wildman–Crippen MR) is 80.3 cm³/mol. The van der Waals surface area contributed by atoms with Gasteiger partial charge in [0.05, 0.1) is 23.7 Å². The predicted octanol–water partition coefficient (Wildman–Crippen LogP) is 1.32. The van der Waals surface area contributed by atoms with Crippen LogP contribution >= 0.6 is 11.6 Å². The standard InChI is InChI=1S/C13H15ClN2O4S/c1-15(10-4-5-21(18,19)7-10)8-16-11-3-2-9(14)6-12(11)20-13(16)17/h2-3,6,10H,4-5,7-8H2,1H3. The summed E-state index contributed by atoms with van der Waals surface area (Å²) in [6.45, 7) is 0.285. The average Bonchev–Trinajstić information content (AvgIpc) is 2.90. The van der Waals surface area contributed by atoms with E-state index in [9.17, 15) is 13.2 Å². The Bertz CT molecular complexity index is 839. The largest absolute Gasteiger partial charge is 0.421 e. The van der Waals surface area contributed by atoms with Crippen molar-refractivity contribution in [3.8, 4) is 0 Å². The highest BCUT2D eigenvalue weighted by atomic mass is 35.5. The van der Waals surface area contributed by atoms with Crippen LogP contribution in [0.15, 0.2) is 27.4 Å². The van der Waals surface area contributed by atoms with E-state index in [1.54, 1.807) is 18.2 Å². The van der Waals surface area contributed by atoms with E-state index >= 15 is 0 Å². The summed E-state index contributed by atoms with van der Waals surface area (Å²) in [5.74, 6) is -0.127. The molecular weight excluding hydrogens is 316 g/mol. The van der Waals surface area contributed by atoms with Crippen LogP contribution in [-0.2, 0) is 16.5 Å². The lowest BCUT2D eigenvalue weighted by molar-refractivity contribution is 0.204. The molecule has 1 unspecified atom stereocenters. The van der Waals surface area contributed by atoms with Gasteiger partial charge in [0.15, 0.2) is 15.4 Å². The monoisotopic (exact) mass is 330 g/mol. The molecule has 114 valence electrons. The molecule has 0 bridgehead atoms. The second-order valence-electron chi connectivity index (χ2n) is 5.36. The van der Waals surface area contributed by atoms with Crippen LogP contribution in [0.25, 0.3) is 11.1 Å². The number of nitrogens with zero attached hydrogens (tertiary/aromatic N) is 2. The Labute approximate surface area is 126 Å². The Kier molecular flexibility index (Phi) is 3.59. The van der Waals surface area contributed by atoms with Gasteiger partial charge >= 0.3 is 5.76 Å². The van der Waals surface area contributed by atoms with E-state index in [1.165, 1.54) is 4.57 Å². The number of oxazole rings is 1. The van der Waals surface area contributed by atoms with E-state index in [4.69, 9.17) is 16.0 Å². The van der Waals surface area contributed by atoms with Crippen LogP contribution in [0.2, 0.25) is 5.02 Å². The Balaban J connectivity index is 1.88. The smallest absolute Gasteiger partial charge is 0.408 e. The maximum absolute atomic E-state index is 11.9. The molecule has 1 fully saturated rings. The number of hydrogen-bond donors (Lipinski definition) is 0. The lowest BCUT2D eigenvalue weighted by atomic mass is 10.2. The van der Waals surface area contributed by atoms with Gasteiger partial charge in [-0.25, -0.2) is 13.2 Å². The third kappa shape index (κ3) is 2.86. The summed E-state index contributed by atoms with van der Waals surface area (Å²) in [5.41, 5.74) is 1.08. The molecule has 0 radical (unpaired) electrons. The highest BCUT2D eigenvalue weighted by Crippen LogP contribution is 2.20. The highest BCUT2D eigenvalue weighted by Gasteiger charge is 2.31. The molecule has 2 heterocycles. The van der Waals surface area contributed by atoms with Gasteiger partial charge in [0, 0.05) is 17.1 Å². The zero-order chi connectivity index (χ0) is 15.2. The van der Waals surface area contributed by atoms with Crippen molar-refractivity contribution in [3.63, 3.8) is 0 Å². The van der Waals surface area contributed by atoms with Crippen molar-refractivity contribution in [1.82, 2.24) is 9.47 Å². The summed E-state index contributed by atoms with van der Waals surface area (Å²) in [7, 11) is -1.14. The Morgan fingerprint density at radius 1 is 1.48 bits per heavy atom. The summed E-state index contributed by atoms with van der Waals surface area (Å²) in [6.07, 6.45) is 0.592. The van der Waals surface area contributed by atoms with Crippen LogP contribution in [-0.4, -0.2) is 42.5 Å². The van der Waals surface area contributed by atoms with Gasteiger partial charge in [-0.15, -0.1) is 0 Å². The first-order chi connectivity index (χ1) is 9.85. The molecule has 1 atom stereocenters. The van der Waals surface area contributed by atoms with Crippen LogP contribution in [0.4, 0.5) is 0 Å². The van der Waals surface area contributed by atoms with E-state index in [-0.39, 0.29) is 24.2 Å². The molecule has 1 aromatic heterocycles. The van der Waals surface area contributed by atoms with Crippen molar-refractivity contribution in [1.29, 1.82) is 0 Å². The van der Waals surface area contributed by atoms with E-state index in [2.05, 4.69) is 0 Å². The summed E-state index contributed by atoms with van der Waals surface area (Å²) >= 11 is 5.87. The van der Waals surface area contributed by atoms with Gasteiger partial charge in [-0.2, -0.15) is 0 Å². The lowest BCUT2D eigenvalue weighted by Gasteiger charge is -2.22. The molecule has 1 aliphatic heterocycles. The highest BCUT2D eigenvalue weighted by molar-refractivity contribution is 7.91. The van der Waals surface area contributed by atoms with E-state index in [1.807, 2.05) is 11.9 Å². The zero-order valence-electron chi connectivity index (χ0n) is 11.5. The molecule has 2 aromatic rings. The molecule has 0 N–H and O–H groups in total. The quantitative estimate of drug-likeness (QED) is 0.848.